The Morgan fingerprint density at radius 1 is 1.33 bits per heavy atom. The van der Waals surface area contributed by atoms with E-state index in [1.807, 2.05) is 0 Å². The number of hydrogen-bond acceptors (Lipinski definition) is 7. The SMILES string of the molecule is CC(C)(CO)[C@@H](O)C(=O)NCCC(=O)C(O)COCCN. The zero-order chi connectivity index (χ0) is 16.5. The summed E-state index contributed by atoms with van der Waals surface area (Å²) in [5.74, 6) is -1.14. The second kappa shape index (κ2) is 9.80. The highest BCUT2D eigenvalue weighted by molar-refractivity contribution is 5.85. The molecule has 8 heteroatoms. The van der Waals surface area contributed by atoms with E-state index in [9.17, 15) is 19.8 Å². The highest BCUT2D eigenvalue weighted by Gasteiger charge is 2.32. The van der Waals surface area contributed by atoms with Crippen LogP contribution in [-0.2, 0) is 14.3 Å². The third kappa shape index (κ3) is 7.49. The van der Waals surface area contributed by atoms with E-state index in [1.54, 1.807) is 13.8 Å². The Hall–Kier alpha value is -1.06. The summed E-state index contributed by atoms with van der Waals surface area (Å²) in [4.78, 5) is 23.2. The first kappa shape index (κ1) is 19.9. The lowest BCUT2D eigenvalue weighted by atomic mass is 9.87. The van der Waals surface area contributed by atoms with Gasteiger partial charge in [0.2, 0.25) is 5.91 Å². The minimum absolute atomic E-state index is 0.00974. The van der Waals surface area contributed by atoms with Gasteiger partial charge in [0.15, 0.2) is 5.78 Å². The topological polar surface area (TPSA) is 142 Å². The molecule has 0 radical (unpaired) electrons. The second-order valence-corrected chi connectivity index (χ2v) is 5.44. The summed E-state index contributed by atoms with van der Waals surface area (Å²) in [7, 11) is 0. The first-order chi connectivity index (χ1) is 9.76. The molecule has 0 rings (SSSR count). The van der Waals surface area contributed by atoms with Gasteiger partial charge in [0.05, 0.1) is 19.8 Å². The summed E-state index contributed by atoms with van der Waals surface area (Å²) < 4.78 is 4.94. The van der Waals surface area contributed by atoms with Crippen LogP contribution in [-0.4, -0.2) is 72.1 Å². The van der Waals surface area contributed by atoms with Crippen molar-refractivity contribution in [2.75, 3.05) is 32.9 Å². The summed E-state index contributed by atoms with van der Waals surface area (Å²) in [6, 6.07) is 0. The molecule has 0 fully saturated rings. The number of amides is 1. The van der Waals surface area contributed by atoms with Gasteiger partial charge in [0, 0.05) is 24.9 Å². The zero-order valence-corrected chi connectivity index (χ0v) is 12.5. The largest absolute Gasteiger partial charge is 0.396 e. The maximum absolute atomic E-state index is 11.6. The Kier molecular flexibility index (Phi) is 9.31. The van der Waals surface area contributed by atoms with Crippen molar-refractivity contribution in [2.45, 2.75) is 32.5 Å². The van der Waals surface area contributed by atoms with Gasteiger partial charge in [-0.2, -0.15) is 0 Å². The molecule has 2 atom stereocenters. The molecule has 0 aliphatic rings. The first-order valence-electron chi connectivity index (χ1n) is 6.81. The molecule has 0 aromatic heterocycles. The molecule has 0 heterocycles. The van der Waals surface area contributed by atoms with Crippen molar-refractivity contribution in [3.8, 4) is 0 Å². The highest BCUT2D eigenvalue weighted by atomic mass is 16.5. The lowest BCUT2D eigenvalue weighted by molar-refractivity contribution is -0.137. The molecule has 0 saturated carbocycles. The standard InChI is InChI=1S/C13H26N2O6/c1-13(2,8-16)11(19)12(20)15-5-3-9(17)10(18)7-21-6-4-14/h10-11,16,18-19H,3-8,14H2,1-2H3,(H,15,20)/t10?,11-/m0/s1. The van der Waals surface area contributed by atoms with E-state index in [-0.39, 0.29) is 32.8 Å². The van der Waals surface area contributed by atoms with E-state index < -0.39 is 29.3 Å². The molecule has 1 amide bonds. The highest BCUT2D eigenvalue weighted by Crippen LogP contribution is 2.19. The number of nitrogens with two attached hydrogens (primary N) is 1. The molecule has 0 spiro atoms. The van der Waals surface area contributed by atoms with Crippen LogP contribution in [0, 0.1) is 5.41 Å². The number of ether oxygens (including phenoxy) is 1. The zero-order valence-electron chi connectivity index (χ0n) is 12.5. The molecular formula is C13H26N2O6. The number of hydrogen-bond donors (Lipinski definition) is 5. The number of carbonyl (C=O) groups excluding carboxylic acids is 2. The van der Waals surface area contributed by atoms with Crippen molar-refractivity contribution in [1.29, 1.82) is 0 Å². The molecule has 6 N–H and O–H groups in total. The van der Waals surface area contributed by atoms with Gasteiger partial charge in [-0.05, 0) is 0 Å². The molecule has 1 unspecified atom stereocenters. The third-order valence-electron chi connectivity index (χ3n) is 2.98. The monoisotopic (exact) mass is 306 g/mol. The van der Waals surface area contributed by atoms with Gasteiger partial charge in [-0.3, -0.25) is 9.59 Å². The van der Waals surface area contributed by atoms with Crippen LogP contribution in [0.1, 0.15) is 20.3 Å². The van der Waals surface area contributed by atoms with Crippen molar-refractivity contribution in [1.82, 2.24) is 5.32 Å². The predicted molar refractivity (Wildman–Crippen MR) is 75.4 cm³/mol. The summed E-state index contributed by atoms with van der Waals surface area (Å²) in [5, 5.41) is 30.6. The predicted octanol–water partition coefficient (Wildman–Crippen LogP) is -2.22. The number of aliphatic hydroxyl groups excluding tert-OH is 3. The van der Waals surface area contributed by atoms with Crippen LogP contribution in [0.4, 0.5) is 0 Å². The molecule has 21 heavy (non-hydrogen) atoms. The van der Waals surface area contributed by atoms with Crippen LogP contribution in [0.25, 0.3) is 0 Å². The molecule has 0 aliphatic carbocycles. The van der Waals surface area contributed by atoms with Gasteiger partial charge in [-0.1, -0.05) is 13.8 Å². The lowest BCUT2D eigenvalue weighted by Gasteiger charge is -2.27. The third-order valence-corrected chi connectivity index (χ3v) is 2.98. The molecule has 0 bridgehead atoms. The van der Waals surface area contributed by atoms with Crippen LogP contribution >= 0.6 is 0 Å². The number of carbonyl (C=O) groups is 2. The molecule has 0 aromatic rings. The van der Waals surface area contributed by atoms with Gasteiger partial charge in [0.25, 0.3) is 0 Å². The lowest BCUT2D eigenvalue weighted by Crippen LogP contribution is -2.46. The van der Waals surface area contributed by atoms with Crippen molar-refractivity contribution in [3.05, 3.63) is 0 Å². The number of nitrogens with one attached hydrogen (secondary N) is 1. The molecule has 0 aromatic carbocycles. The average molecular weight is 306 g/mol. The Morgan fingerprint density at radius 3 is 2.48 bits per heavy atom. The Balaban J connectivity index is 4.02. The maximum atomic E-state index is 11.6. The fraction of sp³-hybridized carbons (Fsp3) is 0.846. The minimum atomic E-state index is -1.38. The van der Waals surface area contributed by atoms with Gasteiger partial charge in [0.1, 0.15) is 12.2 Å². The molecule has 0 saturated heterocycles. The van der Waals surface area contributed by atoms with E-state index in [2.05, 4.69) is 5.32 Å². The first-order valence-corrected chi connectivity index (χ1v) is 6.81. The van der Waals surface area contributed by atoms with Crippen molar-refractivity contribution < 1.29 is 29.6 Å². The van der Waals surface area contributed by atoms with Crippen molar-refractivity contribution in [2.24, 2.45) is 11.1 Å². The van der Waals surface area contributed by atoms with E-state index in [0.717, 1.165) is 0 Å². The van der Waals surface area contributed by atoms with Gasteiger partial charge in [-0.25, -0.2) is 0 Å². The fourth-order valence-electron chi connectivity index (χ4n) is 1.38. The van der Waals surface area contributed by atoms with Crippen LogP contribution in [0.5, 0.6) is 0 Å². The Labute approximate surface area is 124 Å². The van der Waals surface area contributed by atoms with Crippen LogP contribution in [0.3, 0.4) is 0 Å². The molecule has 0 aliphatic heterocycles. The minimum Gasteiger partial charge on any atom is -0.396 e. The van der Waals surface area contributed by atoms with Gasteiger partial charge >= 0.3 is 0 Å². The fourth-order valence-corrected chi connectivity index (χ4v) is 1.38. The number of rotatable bonds is 11. The summed E-state index contributed by atoms with van der Waals surface area (Å²) in [6.45, 7) is 3.15. The molecule has 124 valence electrons. The van der Waals surface area contributed by atoms with Crippen molar-refractivity contribution >= 4 is 11.7 Å². The van der Waals surface area contributed by atoms with E-state index in [1.165, 1.54) is 0 Å². The van der Waals surface area contributed by atoms with Crippen LogP contribution < -0.4 is 11.1 Å². The summed E-state index contributed by atoms with van der Waals surface area (Å²) in [6.07, 6.45) is -2.71. The number of ketones is 1. The Morgan fingerprint density at radius 2 is 1.95 bits per heavy atom. The van der Waals surface area contributed by atoms with E-state index in [4.69, 9.17) is 15.6 Å². The number of aliphatic hydroxyl groups is 3. The summed E-state index contributed by atoms with van der Waals surface area (Å²) >= 11 is 0. The summed E-state index contributed by atoms with van der Waals surface area (Å²) in [5.41, 5.74) is 4.23. The van der Waals surface area contributed by atoms with E-state index >= 15 is 0 Å². The van der Waals surface area contributed by atoms with Gasteiger partial charge < -0.3 is 31.1 Å². The Bertz CT molecular complexity index is 335. The van der Waals surface area contributed by atoms with Crippen molar-refractivity contribution in [3.63, 3.8) is 0 Å². The normalized spacial score (nSPS) is 14.6. The molecule has 8 nitrogen and oxygen atoms in total. The number of Topliss-reactive ketones (excluding diaryl/α,β-unsaturated/α-hetero) is 1. The smallest absolute Gasteiger partial charge is 0.249 e. The van der Waals surface area contributed by atoms with Crippen LogP contribution in [0.2, 0.25) is 0 Å². The van der Waals surface area contributed by atoms with Gasteiger partial charge in [-0.15, -0.1) is 0 Å². The van der Waals surface area contributed by atoms with Crippen LogP contribution in [0.15, 0.2) is 0 Å². The maximum Gasteiger partial charge on any atom is 0.249 e. The second-order valence-electron chi connectivity index (χ2n) is 5.44. The van der Waals surface area contributed by atoms with E-state index in [0.29, 0.717) is 6.54 Å². The molecular weight excluding hydrogens is 280 g/mol. The quantitative estimate of drug-likeness (QED) is 0.272. The average Bonchev–Trinajstić information content (AvgIpc) is 2.46.